The Kier molecular flexibility index (Phi) is 3.18. The zero-order valence-corrected chi connectivity index (χ0v) is 13.3. The Bertz CT molecular complexity index is 745. The Labute approximate surface area is 132 Å². The first kappa shape index (κ1) is 13.4. The summed E-state index contributed by atoms with van der Waals surface area (Å²) in [6, 6.07) is 14.0. The topological polar surface area (TPSA) is 15.3 Å². The van der Waals surface area contributed by atoms with E-state index in [1.165, 1.54) is 33.4 Å². The fourth-order valence-electron chi connectivity index (χ4n) is 4.00. The second-order valence-corrected chi connectivity index (χ2v) is 6.45. The summed E-state index contributed by atoms with van der Waals surface area (Å²) in [6.07, 6.45) is 6.51. The molecule has 1 atom stereocenters. The van der Waals surface area contributed by atoms with Gasteiger partial charge in [0.05, 0.1) is 12.7 Å². The minimum absolute atomic E-state index is 0.320. The van der Waals surface area contributed by atoms with Crippen LogP contribution in [0, 0.1) is 13.8 Å². The first-order chi connectivity index (χ1) is 10.7. The molecular weight excluding hydrogens is 268 g/mol. The van der Waals surface area contributed by atoms with Gasteiger partial charge in [0.2, 0.25) is 0 Å². The molecule has 22 heavy (non-hydrogen) atoms. The number of nitrogens with one attached hydrogen (secondary N) is 1. The second kappa shape index (κ2) is 5.20. The van der Waals surface area contributed by atoms with Gasteiger partial charge in [-0.1, -0.05) is 42.0 Å². The second-order valence-electron chi connectivity index (χ2n) is 6.45. The molecule has 1 aliphatic heterocycles. The van der Waals surface area contributed by atoms with Gasteiger partial charge in [0.25, 0.3) is 0 Å². The first-order valence-corrected chi connectivity index (χ1v) is 8.07. The average molecular weight is 290 g/mol. The number of benzene rings is 2. The molecular formula is C20H22N2. The minimum Gasteiger partial charge on any atom is -0.373 e. The third kappa shape index (κ3) is 2.10. The van der Waals surface area contributed by atoms with E-state index in [-0.39, 0.29) is 0 Å². The van der Waals surface area contributed by atoms with Crippen LogP contribution in [-0.4, -0.2) is 11.6 Å². The van der Waals surface area contributed by atoms with Gasteiger partial charge in [-0.2, -0.15) is 0 Å². The predicted octanol–water partition coefficient (Wildman–Crippen LogP) is 3.83. The van der Waals surface area contributed by atoms with E-state index in [1.54, 1.807) is 0 Å². The lowest BCUT2D eigenvalue weighted by Gasteiger charge is -2.31. The zero-order valence-electron chi connectivity index (χ0n) is 13.3. The van der Waals surface area contributed by atoms with E-state index in [0.717, 1.165) is 19.5 Å². The Morgan fingerprint density at radius 1 is 1.05 bits per heavy atom. The van der Waals surface area contributed by atoms with Crippen molar-refractivity contribution in [1.29, 1.82) is 0 Å². The highest BCUT2D eigenvalue weighted by Crippen LogP contribution is 2.39. The lowest BCUT2D eigenvalue weighted by Crippen LogP contribution is -2.28. The van der Waals surface area contributed by atoms with Crippen molar-refractivity contribution in [2.45, 2.75) is 32.7 Å². The van der Waals surface area contributed by atoms with Gasteiger partial charge < -0.3 is 10.2 Å². The molecule has 0 fully saturated rings. The molecule has 0 saturated heterocycles. The summed E-state index contributed by atoms with van der Waals surface area (Å²) in [4.78, 5) is 2.42. The largest absolute Gasteiger partial charge is 0.373 e. The molecule has 2 aromatic rings. The van der Waals surface area contributed by atoms with Crippen LogP contribution in [0.25, 0.3) is 0 Å². The van der Waals surface area contributed by atoms with Crippen LogP contribution in [0.5, 0.6) is 0 Å². The van der Waals surface area contributed by atoms with Gasteiger partial charge in [0.1, 0.15) is 0 Å². The lowest BCUT2D eigenvalue weighted by molar-refractivity contribution is 0.329. The van der Waals surface area contributed by atoms with E-state index in [0.29, 0.717) is 6.04 Å². The number of nitrogens with zero attached hydrogens (tertiary/aromatic N) is 1. The normalized spacial score (nSPS) is 19.4. The number of hydrogen-bond donors (Lipinski definition) is 1. The van der Waals surface area contributed by atoms with Crippen molar-refractivity contribution in [3.05, 3.63) is 82.2 Å². The third-order valence-corrected chi connectivity index (χ3v) is 4.89. The number of fused-ring (bicyclic) bond motifs is 2. The fourth-order valence-corrected chi connectivity index (χ4v) is 4.00. The molecule has 1 aliphatic carbocycles. The molecule has 2 heteroatoms. The van der Waals surface area contributed by atoms with Gasteiger partial charge in [-0.05, 0) is 54.5 Å². The van der Waals surface area contributed by atoms with Gasteiger partial charge in [-0.3, -0.25) is 0 Å². The number of hydrogen-bond acceptors (Lipinski definition) is 2. The molecule has 2 aromatic carbocycles. The Balaban J connectivity index is 1.96. The summed E-state index contributed by atoms with van der Waals surface area (Å²) in [5, 5.41) is 3.33. The fraction of sp³-hybridized carbons (Fsp3) is 0.300. The molecule has 4 rings (SSSR count). The van der Waals surface area contributed by atoms with Crippen LogP contribution in [-0.2, 0) is 12.8 Å². The van der Waals surface area contributed by atoms with Gasteiger partial charge in [-0.25, -0.2) is 0 Å². The van der Waals surface area contributed by atoms with Crippen LogP contribution >= 0.6 is 0 Å². The lowest BCUT2D eigenvalue weighted by atomic mass is 9.89. The maximum atomic E-state index is 3.33. The van der Waals surface area contributed by atoms with Crippen LogP contribution in [0.4, 0.5) is 0 Å². The Hall–Kier alpha value is -2.22. The summed E-state index contributed by atoms with van der Waals surface area (Å²) in [5.74, 6) is 0. The van der Waals surface area contributed by atoms with Gasteiger partial charge in [0.15, 0.2) is 0 Å². The molecule has 2 aliphatic rings. The first-order valence-electron chi connectivity index (χ1n) is 8.07. The third-order valence-electron chi connectivity index (χ3n) is 4.89. The highest BCUT2D eigenvalue weighted by molar-refractivity contribution is 5.49. The van der Waals surface area contributed by atoms with E-state index < -0.39 is 0 Å². The van der Waals surface area contributed by atoms with Crippen molar-refractivity contribution in [3.8, 4) is 0 Å². The van der Waals surface area contributed by atoms with Crippen molar-refractivity contribution in [1.82, 2.24) is 10.2 Å². The molecule has 1 unspecified atom stereocenters. The molecule has 0 radical (unpaired) electrons. The SMILES string of the molecule is Cc1cc(C)c2c(c1)CCc1ccccc1C2N1C=CNC1. The van der Waals surface area contributed by atoms with E-state index in [1.807, 2.05) is 0 Å². The van der Waals surface area contributed by atoms with Crippen LogP contribution in [0.3, 0.4) is 0 Å². The predicted molar refractivity (Wildman–Crippen MR) is 90.6 cm³/mol. The van der Waals surface area contributed by atoms with E-state index in [4.69, 9.17) is 0 Å². The van der Waals surface area contributed by atoms with Crippen LogP contribution in [0.1, 0.15) is 39.4 Å². The zero-order chi connectivity index (χ0) is 15.1. The van der Waals surface area contributed by atoms with Gasteiger partial charge in [0, 0.05) is 12.4 Å². The molecule has 0 amide bonds. The summed E-state index contributed by atoms with van der Waals surface area (Å²) in [6.45, 7) is 5.35. The number of aryl methyl sites for hydroxylation is 4. The summed E-state index contributed by atoms with van der Waals surface area (Å²) in [7, 11) is 0. The molecule has 0 spiro atoms. The van der Waals surface area contributed by atoms with Crippen molar-refractivity contribution in [3.63, 3.8) is 0 Å². The summed E-state index contributed by atoms with van der Waals surface area (Å²) >= 11 is 0. The molecule has 1 heterocycles. The highest BCUT2D eigenvalue weighted by atomic mass is 15.3. The molecule has 2 nitrogen and oxygen atoms in total. The van der Waals surface area contributed by atoms with Crippen molar-refractivity contribution in [2.75, 3.05) is 6.67 Å². The van der Waals surface area contributed by atoms with Crippen LogP contribution in [0.2, 0.25) is 0 Å². The Morgan fingerprint density at radius 2 is 1.86 bits per heavy atom. The monoisotopic (exact) mass is 290 g/mol. The van der Waals surface area contributed by atoms with Gasteiger partial charge >= 0.3 is 0 Å². The van der Waals surface area contributed by atoms with Crippen LogP contribution < -0.4 is 5.32 Å². The van der Waals surface area contributed by atoms with Crippen molar-refractivity contribution < 1.29 is 0 Å². The Morgan fingerprint density at radius 3 is 2.68 bits per heavy atom. The maximum absolute atomic E-state index is 3.33. The molecule has 1 N–H and O–H groups in total. The molecule has 112 valence electrons. The standard InChI is InChI=1S/C20H22N2/c1-14-11-15(2)19-17(12-14)8-7-16-5-3-4-6-18(16)20(19)22-10-9-21-13-22/h3-6,9-12,20-21H,7-8,13H2,1-2H3. The van der Waals surface area contributed by atoms with E-state index in [9.17, 15) is 0 Å². The molecule has 0 bridgehead atoms. The maximum Gasteiger partial charge on any atom is 0.0876 e. The number of rotatable bonds is 1. The van der Waals surface area contributed by atoms with E-state index in [2.05, 4.69) is 72.9 Å². The van der Waals surface area contributed by atoms with Crippen molar-refractivity contribution in [2.24, 2.45) is 0 Å². The van der Waals surface area contributed by atoms with Gasteiger partial charge in [-0.15, -0.1) is 0 Å². The molecule has 0 aromatic heterocycles. The quantitative estimate of drug-likeness (QED) is 0.859. The summed E-state index contributed by atoms with van der Waals surface area (Å²) < 4.78 is 0. The smallest absolute Gasteiger partial charge is 0.0876 e. The van der Waals surface area contributed by atoms with Crippen molar-refractivity contribution >= 4 is 0 Å². The molecule has 0 saturated carbocycles. The highest BCUT2D eigenvalue weighted by Gasteiger charge is 2.29. The summed E-state index contributed by atoms with van der Waals surface area (Å²) in [5.41, 5.74) is 8.75. The van der Waals surface area contributed by atoms with Crippen LogP contribution in [0.15, 0.2) is 48.8 Å². The van der Waals surface area contributed by atoms with E-state index >= 15 is 0 Å². The minimum atomic E-state index is 0.320. The average Bonchev–Trinajstić information content (AvgIpc) is 2.97.